The Bertz CT molecular complexity index is 323. The third-order valence-corrected chi connectivity index (χ3v) is 3.64. The standard InChI is InChI=1S/C11H17BrN2OS/c1-9-7-10(12)11(14-8-9)13-3-6-16-5-2-4-15/h7-8,15H,2-6H2,1H3,(H,13,14). The lowest BCUT2D eigenvalue weighted by atomic mass is 10.3. The van der Waals surface area contributed by atoms with Gasteiger partial charge in [-0.05, 0) is 46.7 Å². The minimum absolute atomic E-state index is 0.283. The molecule has 0 fully saturated rings. The summed E-state index contributed by atoms with van der Waals surface area (Å²) >= 11 is 5.32. The Labute approximate surface area is 109 Å². The third-order valence-electron chi connectivity index (χ3n) is 1.96. The Kier molecular flexibility index (Phi) is 6.84. The van der Waals surface area contributed by atoms with Crippen LogP contribution in [0.1, 0.15) is 12.0 Å². The molecule has 3 nitrogen and oxygen atoms in total. The molecule has 0 saturated heterocycles. The van der Waals surface area contributed by atoms with Crippen LogP contribution in [0.2, 0.25) is 0 Å². The van der Waals surface area contributed by atoms with E-state index in [1.54, 1.807) is 0 Å². The first-order valence-electron chi connectivity index (χ1n) is 5.28. The molecule has 0 spiro atoms. The summed E-state index contributed by atoms with van der Waals surface area (Å²) in [6, 6.07) is 2.05. The second kappa shape index (κ2) is 7.92. The Hall–Kier alpha value is -0.260. The van der Waals surface area contributed by atoms with E-state index in [1.807, 2.05) is 30.9 Å². The van der Waals surface area contributed by atoms with Crippen LogP contribution in [0, 0.1) is 6.92 Å². The van der Waals surface area contributed by atoms with E-state index < -0.39 is 0 Å². The molecule has 1 aromatic rings. The van der Waals surface area contributed by atoms with Crippen molar-refractivity contribution in [2.24, 2.45) is 0 Å². The van der Waals surface area contributed by atoms with Crippen molar-refractivity contribution in [2.75, 3.05) is 30.0 Å². The zero-order valence-corrected chi connectivity index (χ0v) is 11.8. The molecule has 0 unspecified atom stereocenters. The fraction of sp³-hybridized carbons (Fsp3) is 0.545. The summed E-state index contributed by atoms with van der Waals surface area (Å²) in [5.74, 6) is 2.94. The maximum atomic E-state index is 8.62. The number of thioether (sulfide) groups is 1. The van der Waals surface area contributed by atoms with Gasteiger partial charge in [-0.15, -0.1) is 0 Å². The van der Waals surface area contributed by atoms with E-state index in [-0.39, 0.29) is 6.61 Å². The highest BCUT2D eigenvalue weighted by molar-refractivity contribution is 9.10. The van der Waals surface area contributed by atoms with Gasteiger partial charge in [0.05, 0.1) is 4.47 Å². The Morgan fingerprint density at radius 3 is 3.00 bits per heavy atom. The number of nitrogens with one attached hydrogen (secondary N) is 1. The van der Waals surface area contributed by atoms with Gasteiger partial charge in [-0.3, -0.25) is 0 Å². The smallest absolute Gasteiger partial charge is 0.140 e. The van der Waals surface area contributed by atoms with Gasteiger partial charge in [0.25, 0.3) is 0 Å². The molecule has 16 heavy (non-hydrogen) atoms. The van der Waals surface area contributed by atoms with Crippen LogP contribution in [-0.2, 0) is 0 Å². The summed E-state index contributed by atoms with van der Waals surface area (Å²) in [7, 11) is 0. The molecule has 0 bridgehead atoms. The lowest BCUT2D eigenvalue weighted by molar-refractivity contribution is 0.296. The van der Waals surface area contributed by atoms with Crippen LogP contribution < -0.4 is 5.32 Å². The second-order valence-corrected chi connectivity index (χ2v) is 5.54. The summed E-state index contributed by atoms with van der Waals surface area (Å²) < 4.78 is 1.01. The maximum absolute atomic E-state index is 8.62. The van der Waals surface area contributed by atoms with Crippen LogP contribution in [0.4, 0.5) is 5.82 Å². The monoisotopic (exact) mass is 304 g/mol. The largest absolute Gasteiger partial charge is 0.396 e. The molecular weight excluding hydrogens is 288 g/mol. The molecule has 0 saturated carbocycles. The molecule has 0 aliphatic carbocycles. The van der Waals surface area contributed by atoms with E-state index in [1.165, 1.54) is 0 Å². The van der Waals surface area contributed by atoms with Gasteiger partial charge in [0.15, 0.2) is 0 Å². The Balaban J connectivity index is 2.21. The molecule has 0 aromatic carbocycles. The number of pyridine rings is 1. The highest BCUT2D eigenvalue weighted by Crippen LogP contribution is 2.20. The molecule has 0 radical (unpaired) electrons. The summed E-state index contributed by atoms with van der Waals surface area (Å²) in [6.07, 6.45) is 2.73. The number of nitrogens with zero attached hydrogens (tertiary/aromatic N) is 1. The van der Waals surface area contributed by atoms with Crippen molar-refractivity contribution in [3.05, 3.63) is 22.3 Å². The number of aliphatic hydroxyl groups excluding tert-OH is 1. The first-order chi connectivity index (χ1) is 7.74. The van der Waals surface area contributed by atoms with Crippen molar-refractivity contribution in [1.29, 1.82) is 0 Å². The first-order valence-corrected chi connectivity index (χ1v) is 7.23. The highest BCUT2D eigenvalue weighted by Gasteiger charge is 2.00. The van der Waals surface area contributed by atoms with Crippen molar-refractivity contribution in [3.8, 4) is 0 Å². The molecule has 0 aliphatic rings. The number of halogens is 1. The van der Waals surface area contributed by atoms with Crippen molar-refractivity contribution in [1.82, 2.24) is 4.98 Å². The molecule has 1 rings (SSSR count). The number of anilines is 1. The van der Waals surface area contributed by atoms with Crippen molar-refractivity contribution >= 4 is 33.5 Å². The van der Waals surface area contributed by atoms with E-state index in [0.717, 1.165) is 40.3 Å². The molecule has 5 heteroatoms. The summed E-state index contributed by atoms with van der Waals surface area (Å²) in [5.41, 5.74) is 1.15. The first kappa shape index (κ1) is 13.8. The molecule has 0 aliphatic heterocycles. The molecule has 2 N–H and O–H groups in total. The van der Waals surface area contributed by atoms with Crippen molar-refractivity contribution < 1.29 is 5.11 Å². The van der Waals surface area contributed by atoms with E-state index in [0.29, 0.717) is 0 Å². The Morgan fingerprint density at radius 1 is 1.50 bits per heavy atom. The molecule has 0 atom stereocenters. The van der Waals surface area contributed by atoms with Gasteiger partial charge in [-0.2, -0.15) is 11.8 Å². The molecule has 90 valence electrons. The molecular formula is C11H17BrN2OS. The van der Waals surface area contributed by atoms with Crippen molar-refractivity contribution in [3.63, 3.8) is 0 Å². The number of aromatic nitrogens is 1. The maximum Gasteiger partial charge on any atom is 0.140 e. The van der Waals surface area contributed by atoms with Gasteiger partial charge >= 0.3 is 0 Å². The van der Waals surface area contributed by atoms with Crippen LogP contribution in [0.5, 0.6) is 0 Å². The average molecular weight is 305 g/mol. The van der Waals surface area contributed by atoms with E-state index in [9.17, 15) is 0 Å². The molecule has 1 heterocycles. The van der Waals surface area contributed by atoms with E-state index >= 15 is 0 Å². The number of hydrogen-bond acceptors (Lipinski definition) is 4. The van der Waals surface area contributed by atoms with Crippen LogP contribution in [-0.4, -0.2) is 34.7 Å². The third kappa shape index (κ3) is 5.18. The fourth-order valence-corrected chi connectivity index (χ4v) is 2.56. The van der Waals surface area contributed by atoms with Gasteiger partial charge in [0.1, 0.15) is 5.82 Å². The van der Waals surface area contributed by atoms with Gasteiger partial charge in [-0.25, -0.2) is 4.98 Å². The summed E-state index contributed by atoms with van der Waals surface area (Å²) in [5, 5.41) is 11.9. The fourth-order valence-electron chi connectivity index (χ4n) is 1.17. The van der Waals surface area contributed by atoms with Crippen LogP contribution in [0.3, 0.4) is 0 Å². The van der Waals surface area contributed by atoms with Crippen LogP contribution in [0.15, 0.2) is 16.7 Å². The summed E-state index contributed by atoms with van der Waals surface area (Å²) in [6.45, 7) is 3.20. The minimum Gasteiger partial charge on any atom is -0.396 e. The van der Waals surface area contributed by atoms with Crippen LogP contribution >= 0.6 is 27.7 Å². The molecule has 0 amide bonds. The molecule has 1 aromatic heterocycles. The van der Waals surface area contributed by atoms with Gasteiger partial charge in [0.2, 0.25) is 0 Å². The zero-order chi connectivity index (χ0) is 11.8. The number of hydrogen-bond donors (Lipinski definition) is 2. The lowest BCUT2D eigenvalue weighted by Crippen LogP contribution is -2.06. The average Bonchev–Trinajstić information content (AvgIpc) is 2.26. The van der Waals surface area contributed by atoms with Crippen LogP contribution in [0.25, 0.3) is 0 Å². The SMILES string of the molecule is Cc1cnc(NCCSCCCO)c(Br)c1. The van der Waals surface area contributed by atoms with E-state index in [4.69, 9.17) is 5.11 Å². The highest BCUT2D eigenvalue weighted by atomic mass is 79.9. The minimum atomic E-state index is 0.283. The van der Waals surface area contributed by atoms with Gasteiger partial charge in [0, 0.05) is 25.1 Å². The predicted molar refractivity (Wildman–Crippen MR) is 74.2 cm³/mol. The number of aryl methyl sites for hydroxylation is 1. The normalized spacial score (nSPS) is 10.4. The summed E-state index contributed by atoms with van der Waals surface area (Å²) in [4.78, 5) is 4.30. The quantitative estimate of drug-likeness (QED) is 0.760. The lowest BCUT2D eigenvalue weighted by Gasteiger charge is -2.07. The predicted octanol–water partition coefficient (Wildman–Crippen LogP) is 2.68. The zero-order valence-electron chi connectivity index (χ0n) is 9.37. The van der Waals surface area contributed by atoms with Crippen molar-refractivity contribution in [2.45, 2.75) is 13.3 Å². The number of aliphatic hydroxyl groups is 1. The van der Waals surface area contributed by atoms with Gasteiger partial charge in [-0.1, -0.05) is 0 Å². The second-order valence-electron chi connectivity index (χ2n) is 3.46. The topological polar surface area (TPSA) is 45.2 Å². The van der Waals surface area contributed by atoms with E-state index in [2.05, 4.69) is 26.2 Å². The number of rotatable bonds is 7. The van der Waals surface area contributed by atoms with Gasteiger partial charge < -0.3 is 10.4 Å². The Morgan fingerprint density at radius 2 is 2.31 bits per heavy atom.